The Morgan fingerprint density at radius 2 is 2.32 bits per heavy atom. The highest BCUT2D eigenvalue weighted by molar-refractivity contribution is 7.99. The lowest BCUT2D eigenvalue weighted by Gasteiger charge is -2.35. The van der Waals surface area contributed by atoms with Gasteiger partial charge in [-0.15, -0.1) is 0 Å². The first-order chi connectivity index (χ1) is 9.04. The molecule has 0 aliphatic carbocycles. The van der Waals surface area contributed by atoms with Crippen LogP contribution in [0.1, 0.15) is 20.8 Å². The van der Waals surface area contributed by atoms with E-state index in [1.807, 2.05) is 0 Å². The van der Waals surface area contributed by atoms with Gasteiger partial charge in [-0.2, -0.15) is 11.8 Å². The first-order valence-corrected chi connectivity index (χ1v) is 8.05. The van der Waals surface area contributed by atoms with E-state index in [9.17, 15) is 4.79 Å². The molecule has 0 amide bonds. The molecule has 5 nitrogen and oxygen atoms in total. The average Bonchev–Trinajstić information content (AvgIpc) is 2.39. The summed E-state index contributed by atoms with van der Waals surface area (Å²) in [5.74, 6) is 1.14. The minimum atomic E-state index is -0.533. The van der Waals surface area contributed by atoms with Gasteiger partial charge in [0.05, 0.1) is 19.3 Å². The Kier molecular flexibility index (Phi) is 7.75. The highest BCUT2D eigenvalue weighted by Gasteiger charge is 2.23. The fourth-order valence-electron chi connectivity index (χ4n) is 1.96. The third-order valence-corrected chi connectivity index (χ3v) is 4.29. The summed E-state index contributed by atoms with van der Waals surface area (Å²) < 4.78 is 10.6. The van der Waals surface area contributed by atoms with Gasteiger partial charge in [-0.3, -0.25) is 9.69 Å². The van der Waals surface area contributed by atoms with E-state index in [-0.39, 0.29) is 12.1 Å². The van der Waals surface area contributed by atoms with Crippen molar-refractivity contribution in [3.8, 4) is 0 Å². The lowest BCUT2D eigenvalue weighted by Crippen LogP contribution is -2.46. The van der Waals surface area contributed by atoms with Crippen LogP contribution in [-0.4, -0.2) is 66.9 Å². The van der Waals surface area contributed by atoms with Crippen LogP contribution in [0.4, 0.5) is 0 Å². The molecule has 0 saturated carbocycles. The lowest BCUT2D eigenvalue weighted by molar-refractivity contribution is -0.144. The van der Waals surface area contributed by atoms with Crippen molar-refractivity contribution in [1.82, 2.24) is 4.90 Å². The maximum atomic E-state index is 11.4. The van der Waals surface area contributed by atoms with Gasteiger partial charge in [-0.25, -0.2) is 0 Å². The first kappa shape index (κ1) is 16.8. The summed E-state index contributed by atoms with van der Waals surface area (Å²) in [5.41, 5.74) is 5.75. The number of thioether (sulfide) groups is 1. The van der Waals surface area contributed by atoms with Gasteiger partial charge in [0, 0.05) is 30.6 Å². The number of nitrogens with two attached hydrogens (primary N) is 1. The molecule has 1 aliphatic rings. The van der Waals surface area contributed by atoms with Gasteiger partial charge in [0.25, 0.3) is 0 Å². The number of carbonyl (C=O) groups excluding carboxylic acids is 1. The molecule has 112 valence electrons. The minimum Gasteiger partial charge on any atom is -0.465 e. The molecule has 19 heavy (non-hydrogen) atoms. The number of esters is 1. The van der Waals surface area contributed by atoms with E-state index in [4.69, 9.17) is 15.2 Å². The van der Waals surface area contributed by atoms with Gasteiger partial charge in [0.15, 0.2) is 0 Å². The van der Waals surface area contributed by atoms with Crippen molar-refractivity contribution in [3.05, 3.63) is 0 Å². The Hall–Kier alpha value is -0.300. The van der Waals surface area contributed by atoms with E-state index in [1.54, 1.807) is 18.7 Å². The molecule has 1 rings (SSSR count). The quantitative estimate of drug-likeness (QED) is 0.697. The van der Waals surface area contributed by atoms with Crippen LogP contribution in [0.5, 0.6) is 0 Å². The Balaban J connectivity index is 2.20. The van der Waals surface area contributed by atoms with Gasteiger partial charge >= 0.3 is 5.97 Å². The Labute approximate surface area is 120 Å². The monoisotopic (exact) mass is 290 g/mol. The van der Waals surface area contributed by atoms with Crippen LogP contribution >= 0.6 is 11.8 Å². The highest BCUT2D eigenvalue weighted by atomic mass is 32.2. The largest absolute Gasteiger partial charge is 0.465 e. The molecule has 1 aliphatic heterocycles. The van der Waals surface area contributed by atoms with Crippen LogP contribution in [0.25, 0.3) is 0 Å². The molecule has 2 N–H and O–H groups in total. The van der Waals surface area contributed by atoms with E-state index < -0.39 is 6.04 Å². The average molecular weight is 290 g/mol. The SMILES string of the molecule is CCOC(=O)C(N)CSCC1CN(C(C)C)CCO1. The molecule has 0 aromatic rings. The molecule has 0 aromatic carbocycles. The molecule has 0 bridgehead atoms. The molecule has 1 fully saturated rings. The van der Waals surface area contributed by atoms with Crippen LogP contribution in [0, 0.1) is 0 Å². The number of morpholine rings is 1. The van der Waals surface area contributed by atoms with Gasteiger partial charge in [0.1, 0.15) is 6.04 Å². The van der Waals surface area contributed by atoms with Gasteiger partial charge in [-0.1, -0.05) is 0 Å². The van der Waals surface area contributed by atoms with E-state index >= 15 is 0 Å². The Bertz CT molecular complexity index is 277. The molecule has 1 heterocycles. The van der Waals surface area contributed by atoms with E-state index in [2.05, 4.69) is 18.7 Å². The van der Waals surface area contributed by atoms with Crippen LogP contribution in [-0.2, 0) is 14.3 Å². The van der Waals surface area contributed by atoms with Crippen molar-refractivity contribution in [2.75, 3.05) is 37.8 Å². The normalized spacial score (nSPS) is 22.5. The van der Waals surface area contributed by atoms with Crippen LogP contribution < -0.4 is 5.73 Å². The molecule has 0 radical (unpaired) electrons. The molecule has 6 heteroatoms. The summed E-state index contributed by atoms with van der Waals surface area (Å²) in [5, 5.41) is 0. The second-order valence-corrected chi connectivity index (χ2v) is 6.05. The molecule has 1 saturated heterocycles. The zero-order valence-corrected chi connectivity index (χ0v) is 12.9. The van der Waals surface area contributed by atoms with Crippen LogP contribution in [0.2, 0.25) is 0 Å². The molecule has 2 unspecified atom stereocenters. The van der Waals surface area contributed by atoms with Crippen LogP contribution in [0.15, 0.2) is 0 Å². The number of carbonyl (C=O) groups is 1. The second-order valence-electron chi connectivity index (χ2n) is 4.98. The molecule has 0 aromatic heterocycles. The Morgan fingerprint density at radius 1 is 1.58 bits per heavy atom. The zero-order chi connectivity index (χ0) is 14.3. The maximum absolute atomic E-state index is 11.4. The number of rotatable bonds is 7. The number of hydrogen-bond donors (Lipinski definition) is 1. The lowest BCUT2D eigenvalue weighted by atomic mass is 10.2. The minimum absolute atomic E-state index is 0.232. The van der Waals surface area contributed by atoms with Gasteiger partial charge < -0.3 is 15.2 Å². The predicted octanol–water partition coefficient (Wildman–Crippen LogP) is 0.719. The molecular weight excluding hydrogens is 264 g/mol. The van der Waals surface area contributed by atoms with Gasteiger partial charge in [-0.05, 0) is 20.8 Å². The van der Waals surface area contributed by atoms with Crippen molar-refractivity contribution >= 4 is 17.7 Å². The highest BCUT2D eigenvalue weighted by Crippen LogP contribution is 2.14. The summed E-state index contributed by atoms with van der Waals surface area (Å²) in [6.45, 7) is 9.31. The third-order valence-electron chi connectivity index (χ3n) is 3.09. The standard InChI is InChI=1S/C13H26N2O3S/c1-4-17-13(16)12(14)9-19-8-11-7-15(10(2)3)5-6-18-11/h10-12H,4-9,14H2,1-3H3. The van der Waals surface area contributed by atoms with Crippen molar-refractivity contribution in [2.24, 2.45) is 5.73 Å². The smallest absolute Gasteiger partial charge is 0.323 e. The van der Waals surface area contributed by atoms with Crippen molar-refractivity contribution < 1.29 is 14.3 Å². The topological polar surface area (TPSA) is 64.8 Å². The van der Waals surface area contributed by atoms with E-state index in [0.717, 1.165) is 25.4 Å². The Morgan fingerprint density at radius 3 is 2.95 bits per heavy atom. The van der Waals surface area contributed by atoms with Crippen molar-refractivity contribution in [3.63, 3.8) is 0 Å². The van der Waals surface area contributed by atoms with E-state index in [0.29, 0.717) is 18.4 Å². The third kappa shape index (κ3) is 6.12. The summed E-state index contributed by atoms with van der Waals surface area (Å²) in [7, 11) is 0. The summed E-state index contributed by atoms with van der Waals surface area (Å²) in [6, 6.07) is 0.0212. The number of nitrogens with zero attached hydrogens (tertiary/aromatic N) is 1. The first-order valence-electron chi connectivity index (χ1n) is 6.90. The summed E-state index contributed by atoms with van der Waals surface area (Å²) in [6.07, 6.45) is 0.232. The molecular formula is C13H26N2O3S. The van der Waals surface area contributed by atoms with E-state index in [1.165, 1.54) is 0 Å². The summed E-state index contributed by atoms with van der Waals surface area (Å²) in [4.78, 5) is 13.8. The van der Waals surface area contributed by atoms with Crippen molar-refractivity contribution in [2.45, 2.75) is 39.0 Å². The van der Waals surface area contributed by atoms with Gasteiger partial charge in [0.2, 0.25) is 0 Å². The molecule has 2 atom stereocenters. The zero-order valence-electron chi connectivity index (χ0n) is 12.1. The fourth-order valence-corrected chi connectivity index (χ4v) is 2.95. The van der Waals surface area contributed by atoms with Crippen molar-refractivity contribution in [1.29, 1.82) is 0 Å². The second kappa shape index (κ2) is 8.79. The maximum Gasteiger partial charge on any atom is 0.323 e. The predicted molar refractivity (Wildman–Crippen MR) is 78.4 cm³/mol. The number of hydrogen-bond acceptors (Lipinski definition) is 6. The number of ether oxygens (including phenoxy) is 2. The fraction of sp³-hybridized carbons (Fsp3) is 0.923. The summed E-state index contributed by atoms with van der Waals surface area (Å²) >= 11 is 1.66. The molecule has 0 spiro atoms. The van der Waals surface area contributed by atoms with Crippen LogP contribution in [0.3, 0.4) is 0 Å².